The third-order valence-electron chi connectivity index (χ3n) is 2.03. The molecule has 0 N–H and O–H groups in total. The van der Waals surface area contributed by atoms with E-state index in [9.17, 15) is 4.79 Å². The smallest absolute Gasteiger partial charge is 0.187 e. The van der Waals surface area contributed by atoms with Crippen LogP contribution in [-0.2, 0) is 7.05 Å². The lowest BCUT2D eigenvalue weighted by Crippen LogP contribution is -2.01. The fraction of sp³-hybridized carbons (Fsp3) is 0.182. The van der Waals surface area contributed by atoms with Crippen LogP contribution in [0.5, 0.6) is 0 Å². The van der Waals surface area contributed by atoms with Crippen molar-refractivity contribution in [2.24, 2.45) is 7.05 Å². The topological polar surface area (TPSA) is 47.8 Å². The molecule has 0 aliphatic rings. The van der Waals surface area contributed by atoms with Crippen LogP contribution in [0.25, 0.3) is 0 Å². The van der Waals surface area contributed by atoms with Gasteiger partial charge in [0.1, 0.15) is 0 Å². The number of rotatable bonds is 4. The molecule has 0 bridgehead atoms. The van der Waals surface area contributed by atoms with Crippen molar-refractivity contribution < 1.29 is 4.79 Å². The van der Waals surface area contributed by atoms with Gasteiger partial charge in [0.2, 0.25) is 0 Å². The molecule has 4 nitrogen and oxygen atoms in total. The summed E-state index contributed by atoms with van der Waals surface area (Å²) in [6.45, 7) is 0. The maximum absolute atomic E-state index is 11.7. The van der Waals surface area contributed by atoms with Gasteiger partial charge in [0.05, 0.1) is 5.75 Å². The molecule has 0 saturated carbocycles. The van der Waals surface area contributed by atoms with Crippen LogP contribution in [0, 0.1) is 0 Å². The minimum atomic E-state index is 0.0954. The molecule has 0 aliphatic carbocycles. The van der Waals surface area contributed by atoms with Crippen molar-refractivity contribution in [1.82, 2.24) is 14.5 Å². The zero-order valence-electron chi connectivity index (χ0n) is 8.83. The number of ketones is 1. The third kappa shape index (κ3) is 2.70. The van der Waals surface area contributed by atoms with E-state index >= 15 is 0 Å². The number of hydrogen-bond acceptors (Lipinski definition) is 4. The Hall–Kier alpha value is -1.62. The van der Waals surface area contributed by atoms with Gasteiger partial charge in [0, 0.05) is 37.4 Å². The van der Waals surface area contributed by atoms with Gasteiger partial charge in [-0.3, -0.25) is 4.79 Å². The van der Waals surface area contributed by atoms with Gasteiger partial charge in [-0.1, -0.05) is 11.8 Å². The van der Waals surface area contributed by atoms with E-state index in [1.165, 1.54) is 11.8 Å². The van der Waals surface area contributed by atoms with Crippen LogP contribution in [0.1, 0.15) is 10.4 Å². The van der Waals surface area contributed by atoms with Gasteiger partial charge in [0.15, 0.2) is 10.9 Å². The predicted molar refractivity (Wildman–Crippen MR) is 62.5 cm³/mol. The Morgan fingerprint density at radius 3 is 2.81 bits per heavy atom. The number of aryl methyl sites for hydroxylation is 1. The van der Waals surface area contributed by atoms with Gasteiger partial charge < -0.3 is 4.57 Å². The number of aromatic nitrogens is 3. The number of hydrogen-bond donors (Lipinski definition) is 0. The van der Waals surface area contributed by atoms with E-state index in [1.807, 2.05) is 30.1 Å². The number of nitrogens with zero attached hydrogens (tertiary/aromatic N) is 3. The van der Waals surface area contributed by atoms with Crippen LogP contribution in [0.4, 0.5) is 0 Å². The summed E-state index contributed by atoms with van der Waals surface area (Å²) in [6.07, 6.45) is 7.01. The molecule has 82 valence electrons. The van der Waals surface area contributed by atoms with Crippen molar-refractivity contribution in [1.29, 1.82) is 0 Å². The summed E-state index contributed by atoms with van der Waals surface area (Å²) in [5.41, 5.74) is 0.728. The van der Waals surface area contributed by atoms with Crippen molar-refractivity contribution in [3.8, 4) is 0 Å². The Kier molecular flexibility index (Phi) is 3.36. The molecule has 0 atom stereocenters. The first-order valence-electron chi connectivity index (χ1n) is 4.81. The molecule has 0 unspecified atom stereocenters. The maximum atomic E-state index is 11.7. The summed E-state index contributed by atoms with van der Waals surface area (Å²) >= 11 is 1.35. The molecule has 2 aromatic rings. The second-order valence-electron chi connectivity index (χ2n) is 3.31. The molecule has 16 heavy (non-hydrogen) atoms. The highest BCUT2D eigenvalue weighted by Gasteiger charge is 2.08. The van der Waals surface area contributed by atoms with Crippen molar-refractivity contribution in [2.75, 3.05) is 5.75 Å². The van der Waals surface area contributed by atoms with Crippen LogP contribution in [0.2, 0.25) is 0 Å². The molecule has 0 amide bonds. The normalized spacial score (nSPS) is 10.3. The monoisotopic (exact) mass is 233 g/mol. The SMILES string of the molecule is Cn1ccc(C(=O)CSc2ncccn2)c1. The van der Waals surface area contributed by atoms with E-state index in [1.54, 1.807) is 18.5 Å². The Labute approximate surface area is 97.7 Å². The highest BCUT2D eigenvalue weighted by molar-refractivity contribution is 7.99. The van der Waals surface area contributed by atoms with E-state index in [0.29, 0.717) is 10.9 Å². The quantitative estimate of drug-likeness (QED) is 0.459. The molecule has 0 fully saturated rings. The first-order chi connectivity index (χ1) is 7.75. The molecule has 0 saturated heterocycles. The first-order valence-corrected chi connectivity index (χ1v) is 5.79. The summed E-state index contributed by atoms with van der Waals surface area (Å²) in [7, 11) is 1.89. The van der Waals surface area contributed by atoms with Crippen LogP contribution >= 0.6 is 11.8 Å². The molecule has 2 aromatic heterocycles. The van der Waals surface area contributed by atoms with Gasteiger partial charge in [0.25, 0.3) is 0 Å². The van der Waals surface area contributed by atoms with Crippen molar-refractivity contribution in [3.05, 3.63) is 42.5 Å². The maximum Gasteiger partial charge on any atom is 0.187 e. The van der Waals surface area contributed by atoms with E-state index in [0.717, 1.165) is 5.56 Å². The Balaban J connectivity index is 1.94. The fourth-order valence-corrected chi connectivity index (χ4v) is 1.94. The molecule has 0 aromatic carbocycles. The Bertz CT molecular complexity index is 481. The van der Waals surface area contributed by atoms with Gasteiger partial charge in [-0.2, -0.15) is 0 Å². The van der Waals surface area contributed by atoms with Gasteiger partial charge in [-0.05, 0) is 12.1 Å². The molecule has 2 heterocycles. The summed E-state index contributed by atoms with van der Waals surface area (Å²) in [5.74, 6) is 0.464. The lowest BCUT2D eigenvalue weighted by atomic mass is 10.2. The lowest BCUT2D eigenvalue weighted by molar-refractivity contribution is 0.102. The Morgan fingerprint density at radius 1 is 1.44 bits per heavy atom. The van der Waals surface area contributed by atoms with Gasteiger partial charge in [-0.15, -0.1) is 0 Å². The highest BCUT2D eigenvalue weighted by Crippen LogP contribution is 2.13. The number of carbonyl (C=O) groups excluding carboxylic acids is 1. The summed E-state index contributed by atoms with van der Waals surface area (Å²) in [6, 6.07) is 3.57. The lowest BCUT2D eigenvalue weighted by Gasteiger charge is -1.97. The molecule has 0 spiro atoms. The van der Waals surface area contributed by atoms with E-state index in [2.05, 4.69) is 9.97 Å². The second kappa shape index (κ2) is 4.94. The minimum absolute atomic E-state index is 0.0954. The summed E-state index contributed by atoms with van der Waals surface area (Å²) in [5, 5.41) is 0.631. The van der Waals surface area contributed by atoms with Crippen molar-refractivity contribution >= 4 is 17.5 Å². The average Bonchev–Trinajstić information content (AvgIpc) is 2.74. The van der Waals surface area contributed by atoms with Gasteiger partial charge >= 0.3 is 0 Å². The van der Waals surface area contributed by atoms with Crippen LogP contribution in [0.15, 0.2) is 42.1 Å². The van der Waals surface area contributed by atoms with E-state index in [-0.39, 0.29) is 5.78 Å². The number of carbonyl (C=O) groups is 1. The largest absolute Gasteiger partial charge is 0.357 e. The zero-order chi connectivity index (χ0) is 11.4. The van der Waals surface area contributed by atoms with E-state index < -0.39 is 0 Å². The van der Waals surface area contributed by atoms with Crippen molar-refractivity contribution in [2.45, 2.75) is 5.16 Å². The molecular formula is C11H11N3OS. The molecule has 0 aliphatic heterocycles. The standard InChI is InChI=1S/C11H11N3OS/c1-14-6-3-9(7-14)10(15)8-16-11-12-4-2-5-13-11/h2-7H,8H2,1H3. The van der Waals surface area contributed by atoms with Crippen molar-refractivity contribution in [3.63, 3.8) is 0 Å². The van der Waals surface area contributed by atoms with Crippen LogP contribution in [-0.4, -0.2) is 26.1 Å². The molecular weight excluding hydrogens is 222 g/mol. The summed E-state index contributed by atoms with van der Waals surface area (Å²) < 4.78 is 1.86. The summed E-state index contributed by atoms with van der Waals surface area (Å²) in [4.78, 5) is 19.8. The molecule has 0 radical (unpaired) electrons. The van der Waals surface area contributed by atoms with Gasteiger partial charge in [-0.25, -0.2) is 9.97 Å². The highest BCUT2D eigenvalue weighted by atomic mass is 32.2. The molecule has 5 heteroatoms. The van der Waals surface area contributed by atoms with E-state index in [4.69, 9.17) is 0 Å². The van der Waals surface area contributed by atoms with Crippen LogP contribution < -0.4 is 0 Å². The predicted octanol–water partition coefficient (Wildman–Crippen LogP) is 1.79. The minimum Gasteiger partial charge on any atom is -0.357 e. The number of thioether (sulfide) groups is 1. The Morgan fingerprint density at radius 2 is 2.19 bits per heavy atom. The zero-order valence-corrected chi connectivity index (χ0v) is 9.65. The number of Topliss-reactive ketones (excluding diaryl/α,β-unsaturated/α-hetero) is 1. The fourth-order valence-electron chi connectivity index (χ4n) is 1.24. The molecule has 2 rings (SSSR count). The second-order valence-corrected chi connectivity index (χ2v) is 4.25. The first kappa shape index (κ1) is 10.9. The average molecular weight is 233 g/mol. The third-order valence-corrected chi connectivity index (χ3v) is 2.90. The van der Waals surface area contributed by atoms with Crippen LogP contribution in [0.3, 0.4) is 0 Å².